The molecule has 0 bridgehead atoms. The van der Waals surface area contributed by atoms with Gasteiger partial charge in [0, 0.05) is 42.3 Å². The molecule has 0 saturated carbocycles. The quantitative estimate of drug-likeness (QED) is 0.595. The Labute approximate surface area is 183 Å². The summed E-state index contributed by atoms with van der Waals surface area (Å²) >= 11 is 0. The molecule has 1 aromatic heterocycles. The number of benzene rings is 2. The molecule has 32 heavy (non-hydrogen) atoms. The highest BCUT2D eigenvalue weighted by Crippen LogP contribution is 2.34. The maximum Gasteiger partial charge on any atom is 0.414 e. The molecule has 5 rings (SSSR count). The lowest BCUT2D eigenvalue weighted by Gasteiger charge is -2.39. The van der Waals surface area contributed by atoms with Crippen molar-refractivity contribution in [3.05, 3.63) is 65.9 Å². The molecular weight excluding hydrogens is 440 g/mol. The molecule has 166 valence electrons. The molecule has 1 saturated heterocycles. The van der Waals surface area contributed by atoms with Crippen LogP contribution in [-0.2, 0) is 21.4 Å². The minimum Gasteiger partial charge on any atom is -0.444 e. The number of carbonyl (C=O) groups excluding carboxylic acids is 1. The lowest BCUT2D eigenvalue weighted by Crippen LogP contribution is -2.50. The monoisotopic (exact) mass is 459 g/mol. The number of cyclic esters (lactones) is 1. The van der Waals surface area contributed by atoms with Crippen LogP contribution in [0.1, 0.15) is 18.4 Å². The minimum absolute atomic E-state index is 0.133. The zero-order valence-corrected chi connectivity index (χ0v) is 17.7. The van der Waals surface area contributed by atoms with Crippen LogP contribution in [0.2, 0.25) is 0 Å². The van der Waals surface area contributed by atoms with Gasteiger partial charge in [-0.3, -0.25) is 9.88 Å². The molecule has 0 radical (unpaired) electrons. The van der Waals surface area contributed by atoms with Gasteiger partial charge >= 0.3 is 6.09 Å². The van der Waals surface area contributed by atoms with E-state index in [1.807, 2.05) is 0 Å². The smallest absolute Gasteiger partial charge is 0.414 e. The van der Waals surface area contributed by atoms with Gasteiger partial charge in [0.25, 0.3) is 0 Å². The van der Waals surface area contributed by atoms with Gasteiger partial charge in [-0.1, -0.05) is 6.07 Å². The van der Waals surface area contributed by atoms with E-state index in [1.165, 1.54) is 15.3 Å². The highest BCUT2D eigenvalue weighted by molar-refractivity contribution is 7.89. The Bertz CT molecular complexity index is 1320. The Morgan fingerprint density at radius 3 is 2.56 bits per heavy atom. The predicted octanol–water partition coefficient (Wildman–Crippen LogP) is 3.82. The van der Waals surface area contributed by atoms with Crippen molar-refractivity contribution in [3.8, 4) is 0 Å². The third kappa shape index (κ3) is 3.49. The first-order chi connectivity index (χ1) is 15.3. The highest BCUT2D eigenvalue weighted by atomic mass is 32.2. The number of pyridine rings is 1. The van der Waals surface area contributed by atoms with E-state index in [1.54, 1.807) is 30.5 Å². The van der Waals surface area contributed by atoms with Crippen LogP contribution in [-0.4, -0.2) is 42.9 Å². The summed E-state index contributed by atoms with van der Waals surface area (Å²) in [6.07, 6.45) is 1.67. The standard InChI is InChI=1S/C22H19F2N3O4S/c23-18-11-15-13-31-22(28)27(21(15)12-19(18)24)16-5-8-26(9-6-16)32(29,30)17-3-4-20-14(10-17)2-1-7-25-20/h1-4,7,10-12,16H,5-6,8-9,13H2. The van der Waals surface area contributed by atoms with Crippen LogP contribution in [0.5, 0.6) is 0 Å². The summed E-state index contributed by atoms with van der Waals surface area (Å²) in [6.45, 7) is 0.230. The second-order valence-corrected chi connectivity index (χ2v) is 9.75. The molecule has 2 aliphatic heterocycles. The molecule has 1 fully saturated rings. The Hall–Kier alpha value is -3.11. The van der Waals surface area contributed by atoms with Gasteiger partial charge in [-0.25, -0.2) is 22.0 Å². The summed E-state index contributed by atoms with van der Waals surface area (Å²) in [6, 6.07) is 9.98. The Morgan fingerprint density at radius 2 is 1.78 bits per heavy atom. The van der Waals surface area contributed by atoms with Crippen LogP contribution in [0.25, 0.3) is 10.9 Å². The summed E-state index contributed by atoms with van der Waals surface area (Å²) in [5.41, 5.74) is 1.35. The number of halogens is 2. The molecule has 0 aliphatic carbocycles. The fourth-order valence-electron chi connectivity index (χ4n) is 4.27. The number of piperidine rings is 1. The van der Waals surface area contributed by atoms with Crippen LogP contribution in [0.4, 0.5) is 19.3 Å². The second-order valence-electron chi connectivity index (χ2n) is 7.81. The first-order valence-electron chi connectivity index (χ1n) is 10.1. The first-order valence-corrected chi connectivity index (χ1v) is 11.6. The number of aromatic nitrogens is 1. The largest absolute Gasteiger partial charge is 0.444 e. The van der Waals surface area contributed by atoms with Gasteiger partial charge in [0.1, 0.15) is 6.61 Å². The summed E-state index contributed by atoms with van der Waals surface area (Å²) < 4.78 is 60.3. The Kier molecular flexibility index (Phi) is 5.06. The van der Waals surface area contributed by atoms with Crippen molar-refractivity contribution in [1.29, 1.82) is 0 Å². The molecule has 0 unspecified atom stereocenters. The zero-order chi connectivity index (χ0) is 22.5. The summed E-state index contributed by atoms with van der Waals surface area (Å²) in [4.78, 5) is 18.1. The van der Waals surface area contributed by atoms with E-state index in [0.717, 1.165) is 17.5 Å². The van der Waals surface area contributed by atoms with Crippen molar-refractivity contribution in [2.24, 2.45) is 0 Å². The Morgan fingerprint density at radius 1 is 1.03 bits per heavy atom. The molecule has 0 spiro atoms. The number of rotatable bonds is 3. The zero-order valence-electron chi connectivity index (χ0n) is 16.9. The SMILES string of the molecule is O=C1OCc2cc(F)c(F)cc2N1C1CCN(S(=O)(=O)c2ccc3ncccc3c2)CC1. The van der Waals surface area contributed by atoms with Gasteiger partial charge in [0.2, 0.25) is 10.0 Å². The maximum atomic E-state index is 13.8. The number of carbonyl (C=O) groups is 1. The van der Waals surface area contributed by atoms with Crippen LogP contribution >= 0.6 is 0 Å². The summed E-state index contributed by atoms with van der Waals surface area (Å²) in [7, 11) is -3.73. The molecule has 0 atom stereocenters. The number of fused-ring (bicyclic) bond motifs is 2. The van der Waals surface area contributed by atoms with Crippen LogP contribution in [0, 0.1) is 11.6 Å². The van der Waals surface area contributed by atoms with Crippen molar-refractivity contribution >= 4 is 32.7 Å². The number of hydrogen-bond acceptors (Lipinski definition) is 5. The molecule has 3 aromatic rings. The number of anilines is 1. The average Bonchev–Trinajstić information content (AvgIpc) is 2.80. The van der Waals surface area contributed by atoms with Gasteiger partial charge in [-0.05, 0) is 43.2 Å². The topological polar surface area (TPSA) is 79.8 Å². The molecule has 1 amide bonds. The van der Waals surface area contributed by atoms with E-state index < -0.39 is 33.8 Å². The minimum atomic E-state index is -3.73. The highest BCUT2D eigenvalue weighted by Gasteiger charge is 2.37. The fraction of sp³-hybridized carbons (Fsp3) is 0.273. The number of nitrogens with zero attached hydrogens (tertiary/aromatic N) is 3. The van der Waals surface area contributed by atoms with E-state index in [4.69, 9.17) is 4.74 Å². The van der Waals surface area contributed by atoms with Gasteiger partial charge in [-0.2, -0.15) is 4.31 Å². The number of sulfonamides is 1. The van der Waals surface area contributed by atoms with Crippen LogP contribution in [0.3, 0.4) is 0 Å². The molecule has 0 N–H and O–H groups in total. The molecule has 3 heterocycles. The molecule has 7 nitrogen and oxygen atoms in total. The van der Waals surface area contributed by atoms with Gasteiger partial charge in [0.05, 0.1) is 16.1 Å². The van der Waals surface area contributed by atoms with Crippen molar-refractivity contribution in [3.63, 3.8) is 0 Å². The third-order valence-corrected chi connectivity index (χ3v) is 7.82. The fourth-order valence-corrected chi connectivity index (χ4v) is 5.78. The predicted molar refractivity (Wildman–Crippen MR) is 113 cm³/mol. The van der Waals surface area contributed by atoms with E-state index in [-0.39, 0.29) is 30.3 Å². The molecule has 10 heteroatoms. The van der Waals surface area contributed by atoms with Crippen molar-refractivity contribution < 1.29 is 26.7 Å². The maximum absolute atomic E-state index is 13.8. The third-order valence-electron chi connectivity index (χ3n) is 5.93. The lowest BCUT2D eigenvalue weighted by atomic mass is 10.0. The average molecular weight is 459 g/mol. The van der Waals surface area contributed by atoms with Gasteiger partial charge in [-0.15, -0.1) is 0 Å². The summed E-state index contributed by atoms with van der Waals surface area (Å²) in [5.74, 6) is -2.05. The van der Waals surface area contributed by atoms with E-state index in [2.05, 4.69) is 4.98 Å². The van der Waals surface area contributed by atoms with Crippen molar-refractivity contribution in [2.75, 3.05) is 18.0 Å². The lowest BCUT2D eigenvalue weighted by molar-refractivity contribution is 0.135. The molecular formula is C22H19F2N3O4S. The van der Waals surface area contributed by atoms with Crippen LogP contribution < -0.4 is 4.90 Å². The van der Waals surface area contributed by atoms with Gasteiger partial charge in [0.15, 0.2) is 11.6 Å². The number of amides is 1. The normalized spacial score (nSPS) is 17.9. The van der Waals surface area contributed by atoms with E-state index in [0.29, 0.717) is 23.9 Å². The number of ether oxygens (including phenoxy) is 1. The van der Waals surface area contributed by atoms with E-state index >= 15 is 0 Å². The second kappa shape index (κ2) is 7.79. The first kappa shape index (κ1) is 20.8. The Balaban J connectivity index is 1.37. The van der Waals surface area contributed by atoms with Crippen LogP contribution in [0.15, 0.2) is 53.6 Å². The van der Waals surface area contributed by atoms with Crippen molar-refractivity contribution in [2.45, 2.75) is 30.4 Å². The molecule has 2 aromatic carbocycles. The van der Waals surface area contributed by atoms with E-state index in [9.17, 15) is 22.0 Å². The summed E-state index contributed by atoms with van der Waals surface area (Å²) in [5, 5.41) is 0.727. The number of hydrogen-bond donors (Lipinski definition) is 0. The van der Waals surface area contributed by atoms with Gasteiger partial charge < -0.3 is 4.74 Å². The van der Waals surface area contributed by atoms with Crippen molar-refractivity contribution in [1.82, 2.24) is 9.29 Å². The molecule has 2 aliphatic rings.